The van der Waals surface area contributed by atoms with E-state index >= 15 is 0 Å². The second kappa shape index (κ2) is 5.94. The summed E-state index contributed by atoms with van der Waals surface area (Å²) in [6.45, 7) is 0.761. The lowest BCUT2D eigenvalue weighted by Gasteiger charge is -2.09. The van der Waals surface area contributed by atoms with E-state index < -0.39 is 0 Å². The summed E-state index contributed by atoms with van der Waals surface area (Å²) in [5.41, 5.74) is 9.88. The van der Waals surface area contributed by atoms with E-state index in [2.05, 4.69) is 29.2 Å². The van der Waals surface area contributed by atoms with Gasteiger partial charge in [-0.25, -0.2) is 4.98 Å². The topological polar surface area (TPSA) is 48.1 Å². The van der Waals surface area contributed by atoms with E-state index in [1.807, 2.05) is 0 Å². The van der Waals surface area contributed by atoms with Crippen LogP contribution in [0.3, 0.4) is 0 Å². The summed E-state index contributed by atoms with van der Waals surface area (Å²) in [6.07, 6.45) is 4.43. The standard InChI is InChI=1S/C16H20N2OS/c1-19-9-8-11-4-2-3-5-13(11)10-14-15(12-6-7-12)18-16(17)20-14/h2-5,12H,6-10H2,1H3,(H2,17,18). The number of nitrogen functional groups attached to an aromatic ring is 1. The number of methoxy groups -OCH3 is 1. The molecule has 3 nitrogen and oxygen atoms in total. The van der Waals surface area contributed by atoms with Crippen molar-refractivity contribution in [2.24, 2.45) is 0 Å². The van der Waals surface area contributed by atoms with E-state index in [9.17, 15) is 0 Å². The molecule has 2 N–H and O–H groups in total. The number of hydrogen-bond donors (Lipinski definition) is 1. The second-order valence-corrected chi connectivity index (χ2v) is 6.44. The van der Waals surface area contributed by atoms with Crippen molar-refractivity contribution in [3.63, 3.8) is 0 Å². The predicted octanol–water partition coefficient (Wildman–Crippen LogP) is 3.38. The summed E-state index contributed by atoms with van der Waals surface area (Å²) >= 11 is 1.65. The van der Waals surface area contributed by atoms with Gasteiger partial charge in [0.1, 0.15) is 0 Å². The number of hydrogen-bond acceptors (Lipinski definition) is 4. The molecule has 0 saturated heterocycles. The molecular weight excluding hydrogens is 268 g/mol. The van der Waals surface area contributed by atoms with E-state index in [1.54, 1.807) is 18.4 Å². The maximum atomic E-state index is 5.90. The lowest BCUT2D eigenvalue weighted by atomic mass is 10.0. The summed E-state index contributed by atoms with van der Waals surface area (Å²) in [5.74, 6) is 0.657. The Morgan fingerprint density at radius 1 is 1.30 bits per heavy atom. The normalized spacial score (nSPS) is 14.7. The van der Waals surface area contributed by atoms with Gasteiger partial charge in [0, 0.05) is 24.3 Å². The molecule has 1 fully saturated rings. The molecule has 0 aliphatic heterocycles. The largest absolute Gasteiger partial charge is 0.384 e. The summed E-state index contributed by atoms with van der Waals surface area (Å²) in [7, 11) is 1.75. The van der Waals surface area contributed by atoms with Gasteiger partial charge < -0.3 is 10.5 Å². The van der Waals surface area contributed by atoms with Gasteiger partial charge in [0.2, 0.25) is 0 Å². The number of nitrogens with two attached hydrogens (primary N) is 1. The average Bonchev–Trinajstić information content (AvgIpc) is 3.22. The fraction of sp³-hybridized carbons (Fsp3) is 0.438. The van der Waals surface area contributed by atoms with E-state index in [1.165, 1.54) is 34.5 Å². The minimum absolute atomic E-state index is 0.657. The van der Waals surface area contributed by atoms with Crippen molar-refractivity contribution in [3.8, 4) is 0 Å². The van der Waals surface area contributed by atoms with E-state index in [0.29, 0.717) is 11.0 Å². The van der Waals surface area contributed by atoms with Gasteiger partial charge in [-0.1, -0.05) is 24.3 Å². The number of ether oxygens (including phenoxy) is 1. The zero-order chi connectivity index (χ0) is 13.9. The van der Waals surface area contributed by atoms with Crippen LogP contribution in [0.4, 0.5) is 5.13 Å². The van der Waals surface area contributed by atoms with Gasteiger partial charge in [-0.2, -0.15) is 0 Å². The van der Waals surface area contributed by atoms with Crippen LogP contribution in [-0.4, -0.2) is 18.7 Å². The molecule has 4 heteroatoms. The molecule has 0 radical (unpaired) electrons. The van der Waals surface area contributed by atoms with Crippen molar-refractivity contribution < 1.29 is 4.74 Å². The van der Waals surface area contributed by atoms with Crippen molar-refractivity contribution >= 4 is 16.5 Å². The Kier molecular flexibility index (Phi) is 4.03. The smallest absolute Gasteiger partial charge is 0.180 e. The maximum absolute atomic E-state index is 5.90. The monoisotopic (exact) mass is 288 g/mol. The van der Waals surface area contributed by atoms with Gasteiger partial charge in [-0.15, -0.1) is 11.3 Å². The average molecular weight is 288 g/mol. The van der Waals surface area contributed by atoms with Crippen LogP contribution >= 0.6 is 11.3 Å². The number of anilines is 1. The van der Waals surface area contributed by atoms with Gasteiger partial charge in [-0.05, 0) is 30.4 Å². The fourth-order valence-corrected chi connectivity index (χ4v) is 3.48. The first-order valence-electron chi connectivity index (χ1n) is 7.08. The summed E-state index contributed by atoms with van der Waals surface area (Å²) < 4.78 is 5.20. The first kappa shape index (κ1) is 13.6. The van der Waals surface area contributed by atoms with Crippen LogP contribution < -0.4 is 5.73 Å². The molecule has 1 aromatic carbocycles. The molecule has 106 valence electrons. The molecule has 20 heavy (non-hydrogen) atoms. The number of rotatable bonds is 6. The van der Waals surface area contributed by atoms with Crippen molar-refractivity contribution in [3.05, 3.63) is 46.0 Å². The molecule has 1 heterocycles. The van der Waals surface area contributed by atoms with E-state index in [4.69, 9.17) is 10.5 Å². The van der Waals surface area contributed by atoms with Gasteiger partial charge >= 0.3 is 0 Å². The highest BCUT2D eigenvalue weighted by atomic mass is 32.1. The molecule has 1 aromatic heterocycles. The third-order valence-electron chi connectivity index (χ3n) is 3.75. The highest BCUT2D eigenvalue weighted by Gasteiger charge is 2.29. The van der Waals surface area contributed by atoms with Crippen LogP contribution in [0.15, 0.2) is 24.3 Å². The number of aromatic nitrogens is 1. The minimum Gasteiger partial charge on any atom is -0.384 e. The molecule has 1 saturated carbocycles. The summed E-state index contributed by atoms with van der Waals surface area (Å²) in [4.78, 5) is 5.87. The van der Waals surface area contributed by atoms with E-state index in [-0.39, 0.29) is 0 Å². The fourth-order valence-electron chi connectivity index (χ4n) is 2.54. The zero-order valence-electron chi connectivity index (χ0n) is 11.8. The predicted molar refractivity (Wildman–Crippen MR) is 83.3 cm³/mol. The third-order valence-corrected chi connectivity index (χ3v) is 4.65. The lowest BCUT2D eigenvalue weighted by molar-refractivity contribution is 0.202. The lowest BCUT2D eigenvalue weighted by Crippen LogP contribution is -2.00. The highest BCUT2D eigenvalue weighted by molar-refractivity contribution is 7.15. The molecule has 0 amide bonds. The van der Waals surface area contributed by atoms with Gasteiger partial charge in [0.05, 0.1) is 12.3 Å². The van der Waals surface area contributed by atoms with Crippen molar-refractivity contribution in [2.45, 2.75) is 31.6 Å². The van der Waals surface area contributed by atoms with Gasteiger partial charge in [0.15, 0.2) is 5.13 Å². The Labute approximate surface area is 123 Å². The third kappa shape index (κ3) is 3.02. The number of benzene rings is 1. The molecule has 0 spiro atoms. The zero-order valence-corrected chi connectivity index (χ0v) is 12.6. The highest BCUT2D eigenvalue weighted by Crippen LogP contribution is 2.43. The molecule has 0 unspecified atom stereocenters. The summed E-state index contributed by atoms with van der Waals surface area (Å²) in [5, 5.41) is 0.705. The molecule has 2 aromatic rings. The van der Waals surface area contributed by atoms with Crippen LogP contribution in [0.5, 0.6) is 0 Å². The maximum Gasteiger partial charge on any atom is 0.180 e. The Hall–Kier alpha value is -1.39. The van der Waals surface area contributed by atoms with Crippen LogP contribution in [0.25, 0.3) is 0 Å². The first-order chi connectivity index (χ1) is 9.78. The van der Waals surface area contributed by atoms with Crippen LogP contribution in [0, 0.1) is 0 Å². The van der Waals surface area contributed by atoms with Crippen LogP contribution in [0.1, 0.15) is 40.5 Å². The molecule has 3 rings (SSSR count). The minimum atomic E-state index is 0.657. The molecule has 0 atom stereocenters. The van der Waals surface area contributed by atoms with Crippen molar-refractivity contribution in [1.82, 2.24) is 4.98 Å². The quantitative estimate of drug-likeness (QED) is 0.886. The molecule has 1 aliphatic rings. The Balaban J connectivity index is 1.83. The van der Waals surface area contributed by atoms with E-state index in [0.717, 1.165) is 19.4 Å². The first-order valence-corrected chi connectivity index (χ1v) is 7.90. The SMILES string of the molecule is COCCc1ccccc1Cc1sc(N)nc1C1CC1. The van der Waals surface area contributed by atoms with Gasteiger partial charge in [0.25, 0.3) is 0 Å². The number of thiazole rings is 1. The Bertz CT molecular complexity index is 590. The molecule has 1 aliphatic carbocycles. The van der Waals surface area contributed by atoms with Gasteiger partial charge in [-0.3, -0.25) is 0 Å². The van der Waals surface area contributed by atoms with Crippen molar-refractivity contribution in [1.29, 1.82) is 0 Å². The van der Waals surface area contributed by atoms with Crippen LogP contribution in [-0.2, 0) is 17.6 Å². The van der Waals surface area contributed by atoms with Crippen LogP contribution in [0.2, 0.25) is 0 Å². The number of nitrogens with zero attached hydrogens (tertiary/aromatic N) is 1. The Morgan fingerprint density at radius 3 is 2.75 bits per heavy atom. The Morgan fingerprint density at radius 2 is 2.05 bits per heavy atom. The van der Waals surface area contributed by atoms with Crippen molar-refractivity contribution in [2.75, 3.05) is 19.5 Å². The molecular formula is C16H20N2OS. The molecule has 0 bridgehead atoms. The summed E-state index contributed by atoms with van der Waals surface area (Å²) in [6, 6.07) is 8.59. The second-order valence-electron chi connectivity index (χ2n) is 5.32.